The monoisotopic (exact) mass is 418 g/mol. The van der Waals surface area contributed by atoms with Gasteiger partial charge in [0.05, 0.1) is 24.4 Å². The molecule has 0 radical (unpaired) electrons. The molecular formula is C20H19ClN2O2S2. The van der Waals surface area contributed by atoms with Gasteiger partial charge < -0.3 is 4.90 Å². The minimum absolute atomic E-state index is 0.00962. The number of thiazole rings is 1. The van der Waals surface area contributed by atoms with Crippen LogP contribution in [0.4, 0.5) is 0 Å². The van der Waals surface area contributed by atoms with Crippen molar-refractivity contribution in [1.29, 1.82) is 0 Å². The first-order valence-corrected chi connectivity index (χ1v) is 11.0. The van der Waals surface area contributed by atoms with E-state index in [9.17, 15) is 9.59 Å². The van der Waals surface area contributed by atoms with E-state index >= 15 is 0 Å². The van der Waals surface area contributed by atoms with Crippen molar-refractivity contribution in [3.05, 3.63) is 50.6 Å². The summed E-state index contributed by atoms with van der Waals surface area (Å²) >= 11 is 8.89. The van der Waals surface area contributed by atoms with Crippen molar-refractivity contribution in [3.8, 4) is 0 Å². The van der Waals surface area contributed by atoms with E-state index in [1.54, 1.807) is 23.5 Å². The zero-order chi connectivity index (χ0) is 18.8. The van der Waals surface area contributed by atoms with Crippen LogP contribution < -0.4 is 0 Å². The molecule has 3 aromatic rings. The van der Waals surface area contributed by atoms with E-state index in [-0.39, 0.29) is 24.5 Å². The number of piperidine rings is 1. The van der Waals surface area contributed by atoms with E-state index in [0.717, 1.165) is 31.4 Å². The zero-order valence-corrected chi connectivity index (χ0v) is 17.1. The lowest BCUT2D eigenvalue weighted by molar-refractivity contribution is -0.132. The number of amides is 1. The Bertz CT molecular complexity index is 940. The summed E-state index contributed by atoms with van der Waals surface area (Å²) in [5.74, 6) is 0.472. The molecule has 1 aliphatic rings. The molecule has 1 amide bonds. The van der Waals surface area contributed by atoms with Gasteiger partial charge in [-0.1, -0.05) is 23.7 Å². The Morgan fingerprint density at radius 2 is 1.85 bits per heavy atom. The van der Waals surface area contributed by atoms with Crippen LogP contribution in [0.3, 0.4) is 0 Å². The van der Waals surface area contributed by atoms with E-state index in [1.807, 2.05) is 23.1 Å². The van der Waals surface area contributed by atoms with E-state index in [2.05, 4.69) is 6.07 Å². The Kier molecular flexibility index (Phi) is 5.57. The Morgan fingerprint density at radius 1 is 1.07 bits per heavy atom. The number of halogens is 1. The predicted octanol–water partition coefficient (Wildman–Crippen LogP) is 5.38. The van der Waals surface area contributed by atoms with Crippen molar-refractivity contribution in [1.82, 2.24) is 9.88 Å². The number of thiophene rings is 1. The van der Waals surface area contributed by atoms with Gasteiger partial charge in [0.25, 0.3) is 0 Å². The molecule has 1 saturated heterocycles. The first-order valence-electron chi connectivity index (χ1n) is 9.02. The number of rotatable bonds is 5. The molecule has 2 aromatic heterocycles. The molecule has 1 aliphatic heterocycles. The van der Waals surface area contributed by atoms with Crippen molar-refractivity contribution < 1.29 is 9.59 Å². The van der Waals surface area contributed by atoms with Crippen LogP contribution in [0.2, 0.25) is 4.34 Å². The van der Waals surface area contributed by atoms with E-state index in [4.69, 9.17) is 16.6 Å². The van der Waals surface area contributed by atoms with Crippen LogP contribution in [-0.4, -0.2) is 34.7 Å². The van der Waals surface area contributed by atoms with Gasteiger partial charge in [-0.3, -0.25) is 9.59 Å². The molecule has 0 atom stereocenters. The summed E-state index contributed by atoms with van der Waals surface area (Å²) in [5.41, 5.74) is 1.06. The Hall–Kier alpha value is -1.76. The lowest BCUT2D eigenvalue weighted by Gasteiger charge is -2.31. The number of likely N-dealkylation sites (tertiary alicyclic amines) is 1. The zero-order valence-electron chi connectivity index (χ0n) is 14.7. The Morgan fingerprint density at radius 3 is 2.56 bits per heavy atom. The summed E-state index contributed by atoms with van der Waals surface area (Å²) in [6.07, 6.45) is 2.37. The summed E-state index contributed by atoms with van der Waals surface area (Å²) in [7, 11) is 0. The molecule has 0 saturated carbocycles. The fourth-order valence-electron chi connectivity index (χ4n) is 3.41. The average Bonchev–Trinajstić information content (AvgIpc) is 3.32. The van der Waals surface area contributed by atoms with Crippen LogP contribution in [0.15, 0.2) is 36.4 Å². The molecule has 7 heteroatoms. The smallest absolute Gasteiger partial charge is 0.223 e. The second kappa shape index (κ2) is 8.09. The molecule has 1 fully saturated rings. The molecule has 0 aliphatic carbocycles. The van der Waals surface area contributed by atoms with Crippen molar-refractivity contribution in [3.63, 3.8) is 0 Å². The number of hydrogen-bond acceptors (Lipinski definition) is 5. The summed E-state index contributed by atoms with van der Waals surface area (Å²) in [6.45, 7) is 1.47. The number of benzene rings is 1. The van der Waals surface area contributed by atoms with Crippen LogP contribution in [0, 0.1) is 0 Å². The lowest BCUT2D eigenvalue weighted by Crippen LogP contribution is -2.38. The highest BCUT2D eigenvalue weighted by atomic mass is 35.5. The normalized spacial score (nSPS) is 15.4. The second-order valence-electron chi connectivity index (χ2n) is 6.70. The van der Waals surface area contributed by atoms with Gasteiger partial charge in [-0.2, -0.15) is 0 Å². The molecule has 4 nitrogen and oxygen atoms in total. The highest BCUT2D eigenvalue weighted by Crippen LogP contribution is 2.34. The summed E-state index contributed by atoms with van der Waals surface area (Å²) in [5, 5.41) is 1.17. The summed E-state index contributed by atoms with van der Waals surface area (Å²) in [6, 6.07) is 11.6. The number of carbonyl (C=O) groups excluding carboxylic acids is 2. The molecule has 27 heavy (non-hydrogen) atoms. The average molecular weight is 419 g/mol. The molecule has 0 N–H and O–H groups in total. The van der Waals surface area contributed by atoms with Gasteiger partial charge in [0.15, 0.2) is 5.78 Å². The van der Waals surface area contributed by atoms with Crippen LogP contribution in [-0.2, 0) is 4.79 Å². The third kappa shape index (κ3) is 4.23. The minimum atomic E-state index is -0.00962. The summed E-state index contributed by atoms with van der Waals surface area (Å²) < 4.78 is 1.82. The predicted molar refractivity (Wildman–Crippen MR) is 111 cm³/mol. The minimum Gasteiger partial charge on any atom is -0.343 e. The SMILES string of the molecule is O=C(CCC(=O)N1CCC(c2nc3ccccc3s2)CC1)c1ccc(Cl)s1. The van der Waals surface area contributed by atoms with Gasteiger partial charge in [-0.05, 0) is 37.1 Å². The number of hydrogen-bond donors (Lipinski definition) is 0. The second-order valence-corrected chi connectivity index (χ2v) is 9.48. The van der Waals surface area contributed by atoms with Crippen LogP contribution >= 0.6 is 34.3 Å². The molecular weight excluding hydrogens is 400 g/mol. The van der Waals surface area contributed by atoms with Gasteiger partial charge in [0.2, 0.25) is 5.91 Å². The molecule has 140 valence electrons. The maximum atomic E-state index is 12.5. The van der Waals surface area contributed by atoms with Crippen LogP contribution in [0.25, 0.3) is 10.2 Å². The number of ketones is 1. The number of fused-ring (bicyclic) bond motifs is 1. The Balaban J connectivity index is 1.29. The highest BCUT2D eigenvalue weighted by Gasteiger charge is 2.26. The number of nitrogens with zero attached hydrogens (tertiary/aromatic N) is 2. The topological polar surface area (TPSA) is 50.3 Å². The maximum Gasteiger partial charge on any atom is 0.223 e. The quantitative estimate of drug-likeness (QED) is 0.522. The van der Waals surface area contributed by atoms with Crippen molar-refractivity contribution >= 4 is 56.2 Å². The van der Waals surface area contributed by atoms with Gasteiger partial charge in [0.1, 0.15) is 0 Å². The molecule has 4 rings (SSSR count). The van der Waals surface area contributed by atoms with Crippen molar-refractivity contribution in [2.45, 2.75) is 31.6 Å². The Labute approximate surface area is 170 Å². The van der Waals surface area contributed by atoms with Gasteiger partial charge in [-0.25, -0.2) is 4.98 Å². The van der Waals surface area contributed by atoms with E-state index in [1.165, 1.54) is 21.0 Å². The number of Topliss-reactive ketones (excluding diaryl/α,β-unsaturated/α-hetero) is 1. The first kappa shape index (κ1) is 18.6. The fraction of sp³-hybridized carbons (Fsp3) is 0.350. The van der Waals surface area contributed by atoms with E-state index < -0.39 is 0 Å². The maximum absolute atomic E-state index is 12.5. The van der Waals surface area contributed by atoms with Crippen LogP contribution in [0.5, 0.6) is 0 Å². The fourth-order valence-corrected chi connectivity index (χ4v) is 5.55. The van der Waals surface area contributed by atoms with E-state index in [0.29, 0.717) is 15.1 Å². The van der Waals surface area contributed by atoms with Crippen molar-refractivity contribution in [2.75, 3.05) is 13.1 Å². The third-order valence-electron chi connectivity index (χ3n) is 4.92. The molecule has 3 heterocycles. The standard InChI is InChI=1S/C20H19ClN2O2S2/c21-18-7-6-17(26-18)15(24)5-8-19(25)23-11-9-13(10-12-23)20-22-14-3-1-2-4-16(14)27-20/h1-4,6-7,13H,5,8-12H2. The number of carbonyl (C=O) groups is 2. The number of para-hydroxylation sites is 1. The lowest BCUT2D eigenvalue weighted by atomic mass is 9.97. The number of aromatic nitrogens is 1. The highest BCUT2D eigenvalue weighted by molar-refractivity contribution is 7.18. The van der Waals surface area contributed by atoms with Gasteiger partial charge in [0, 0.05) is 31.8 Å². The van der Waals surface area contributed by atoms with Gasteiger partial charge in [-0.15, -0.1) is 22.7 Å². The molecule has 0 bridgehead atoms. The first-order chi connectivity index (χ1) is 13.1. The summed E-state index contributed by atoms with van der Waals surface area (Å²) in [4.78, 5) is 31.9. The van der Waals surface area contributed by atoms with Gasteiger partial charge >= 0.3 is 0 Å². The largest absolute Gasteiger partial charge is 0.343 e. The molecule has 0 unspecified atom stereocenters. The molecule has 0 spiro atoms. The molecule has 1 aromatic carbocycles. The van der Waals surface area contributed by atoms with Crippen molar-refractivity contribution in [2.24, 2.45) is 0 Å². The third-order valence-corrected chi connectivity index (χ3v) is 7.39. The van der Waals surface area contributed by atoms with Crippen LogP contribution in [0.1, 0.15) is 46.3 Å².